The molecular formula is C14H16NP. The zero-order valence-corrected chi connectivity index (χ0v) is 10.8. The summed E-state index contributed by atoms with van der Waals surface area (Å²) >= 11 is 0. The molecule has 0 aliphatic carbocycles. The fourth-order valence-electron chi connectivity index (χ4n) is 1.81. The molecule has 16 heavy (non-hydrogen) atoms. The molecule has 0 saturated heterocycles. The highest BCUT2D eigenvalue weighted by atomic mass is 31.0. The average molecular weight is 229 g/mol. The van der Waals surface area contributed by atoms with E-state index in [-0.39, 0.29) is 0 Å². The zero-order chi connectivity index (χ0) is 11.7. The zero-order valence-electron chi connectivity index (χ0n) is 9.62. The van der Waals surface area contributed by atoms with Crippen LogP contribution in [0.1, 0.15) is 11.1 Å². The minimum atomic E-state index is 0.828. The molecule has 0 spiro atoms. The Labute approximate surface area is 98.9 Å². The third-order valence-corrected chi connectivity index (χ3v) is 3.78. The number of nitrogens with two attached hydrogens (primary N) is 1. The van der Waals surface area contributed by atoms with Gasteiger partial charge in [0.25, 0.3) is 0 Å². The number of aryl methyl sites for hydroxylation is 1. The Morgan fingerprint density at radius 3 is 2.31 bits per heavy atom. The Kier molecular flexibility index (Phi) is 2.98. The molecule has 2 aromatic rings. The van der Waals surface area contributed by atoms with E-state index in [1.165, 1.54) is 22.0 Å². The fourth-order valence-corrected chi connectivity index (χ4v) is 2.29. The van der Waals surface area contributed by atoms with Gasteiger partial charge >= 0.3 is 0 Å². The first kappa shape index (κ1) is 11.2. The second kappa shape index (κ2) is 4.27. The molecule has 2 heteroatoms. The molecule has 0 fully saturated rings. The SMILES string of the molecule is Cc1ccc(-c2ccccc2N)c(P)c1C. The lowest BCUT2D eigenvalue weighted by atomic mass is 9.99. The topological polar surface area (TPSA) is 26.0 Å². The molecule has 1 unspecified atom stereocenters. The first-order chi connectivity index (χ1) is 7.61. The van der Waals surface area contributed by atoms with Crippen LogP contribution in [0.3, 0.4) is 0 Å². The molecule has 0 heterocycles. The van der Waals surface area contributed by atoms with E-state index in [2.05, 4.69) is 41.3 Å². The fraction of sp³-hybridized carbons (Fsp3) is 0.143. The summed E-state index contributed by atoms with van der Waals surface area (Å²) < 4.78 is 0. The van der Waals surface area contributed by atoms with Crippen molar-refractivity contribution in [3.8, 4) is 11.1 Å². The maximum Gasteiger partial charge on any atom is 0.0393 e. The number of benzene rings is 2. The summed E-state index contributed by atoms with van der Waals surface area (Å²) in [5, 5.41) is 1.23. The minimum Gasteiger partial charge on any atom is -0.398 e. The molecule has 2 aromatic carbocycles. The van der Waals surface area contributed by atoms with Crippen molar-refractivity contribution >= 4 is 20.2 Å². The monoisotopic (exact) mass is 229 g/mol. The van der Waals surface area contributed by atoms with E-state index in [0.717, 1.165) is 11.3 Å². The number of anilines is 1. The second-order valence-corrected chi connectivity index (χ2v) is 4.63. The van der Waals surface area contributed by atoms with Gasteiger partial charge in [-0.05, 0) is 41.9 Å². The van der Waals surface area contributed by atoms with Gasteiger partial charge in [0, 0.05) is 11.3 Å². The summed E-state index contributed by atoms with van der Waals surface area (Å²) in [7, 11) is 2.82. The number of hydrogen-bond donors (Lipinski definition) is 1. The third kappa shape index (κ3) is 1.83. The predicted molar refractivity (Wildman–Crippen MR) is 75.1 cm³/mol. The Morgan fingerprint density at radius 2 is 1.62 bits per heavy atom. The minimum absolute atomic E-state index is 0.828. The van der Waals surface area contributed by atoms with Gasteiger partial charge in [-0.2, -0.15) is 0 Å². The van der Waals surface area contributed by atoms with Crippen molar-refractivity contribution in [2.75, 3.05) is 5.73 Å². The van der Waals surface area contributed by atoms with E-state index < -0.39 is 0 Å². The third-order valence-electron chi connectivity index (χ3n) is 3.04. The highest BCUT2D eigenvalue weighted by Crippen LogP contribution is 2.27. The van der Waals surface area contributed by atoms with Crippen molar-refractivity contribution in [3.05, 3.63) is 47.5 Å². The van der Waals surface area contributed by atoms with E-state index in [0.29, 0.717) is 0 Å². The Balaban J connectivity index is 2.66. The van der Waals surface area contributed by atoms with E-state index in [4.69, 9.17) is 5.73 Å². The van der Waals surface area contributed by atoms with Crippen molar-refractivity contribution in [2.45, 2.75) is 13.8 Å². The van der Waals surface area contributed by atoms with Crippen LogP contribution in [0.5, 0.6) is 0 Å². The maximum atomic E-state index is 6.00. The average Bonchev–Trinajstić information content (AvgIpc) is 2.28. The lowest BCUT2D eigenvalue weighted by Crippen LogP contribution is -2.05. The summed E-state index contributed by atoms with van der Waals surface area (Å²) in [4.78, 5) is 0. The molecule has 0 saturated carbocycles. The van der Waals surface area contributed by atoms with Crippen molar-refractivity contribution in [1.29, 1.82) is 0 Å². The Bertz CT molecular complexity index is 532. The number of hydrogen-bond acceptors (Lipinski definition) is 1. The van der Waals surface area contributed by atoms with Gasteiger partial charge in [-0.25, -0.2) is 0 Å². The molecule has 1 atom stereocenters. The first-order valence-electron chi connectivity index (χ1n) is 5.32. The lowest BCUT2D eigenvalue weighted by Gasteiger charge is -2.12. The predicted octanol–water partition coefficient (Wildman–Crippen LogP) is 3.05. The van der Waals surface area contributed by atoms with Gasteiger partial charge in [0.1, 0.15) is 0 Å². The molecule has 0 aromatic heterocycles. The number of nitrogen functional groups attached to an aromatic ring is 1. The standard InChI is InChI=1S/C14H16NP/c1-9-7-8-12(14(16)10(9)2)11-5-3-4-6-13(11)15/h3-8H,15-16H2,1-2H3. The first-order valence-corrected chi connectivity index (χ1v) is 5.89. The van der Waals surface area contributed by atoms with E-state index >= 15 is 0 Å². The highest BCUT2D eigenvalue weighted by molar-refractivity contribution is 7.28. The summed E-state index contributed by atoms with van der Waals surface area (Å²) in [6, 6.07) is 12.3. The van der Waals surface area contributed by atoms with Crippen LogP contribution in [0.2, 0.25) is 0 Å². The normalized spacial score (nSPS) is 10.4. The molecule has 0 amide bonds. The highest BCUT2D eigenvalue weighted by Gasteiger charge is 2.07. The molecular weight excluding hydrogens is 213 g/mol. The van der Waals surface area contributed by atoms with E-state index in [1.807, 2.05) is 18.2 Å². The van der Waals surface area contributed by atoms with Crippen molar-refractivity contribution in [3.63, 3.8) is 0 Å². The van der Waals surface area contributed by atoms with Gasteiger partial charge in [0.15, 0.2) is 0 Å². The molecule has 0 bridgehead atoms. The van der Waals surface area contributed by atoms with Crippen LogP contribution in [-0.4, -0.2) is 0 Å². The quantitative estimate of drug-likeness (QED) is 0.590. The van der Waals surface area contributed by atoms with Crippen LogP contribution in [-0.2, 0) is 0 Å². The van der Waals surface area contributed by atoms with Crippen LogP contribution >= 0.6 is 9.24 Å². The maximum absolute atomic E-state index is 6.00. The van der Waals surface area contributed by atoms with Gasteiger partial charge in [-0.1, -0.05) is 30.3 Å². The molecule has 1 nitrogen and oxygen atoms in total. The van der Waals surface area contributed by atoms with Crippen LogP contribution in [0, 0.1) is 13.8 Å². The Hall–Kier alpha value is -1.33. The lowest BCUT2D eigenvalue weighted by molar-refractivity contribution is 1.37. The smallest absolute Gasteiger partial charge is 0.0393 e. The van der Waals surface area contributed by atoms with Crippen LogP contribution in [0.4, 0.5) is 5.69 Å². The van der Waals surface area contributed by atoms with Crippen LogP contribution < -0.4 is 11.0 Å². The van der Waals surface area contributed by atoms with Gasteiger partial charge in [-0.15, -0.1) is 9.24 Å². The van der Waals surface area contributed by atoms with Crippen LogP contribution in [0.25, 0.3) is 11.1 Å². The molecule has 2 rings (SSSR count). The summed E-state index contributed by atoms with van der Waals surface area (Å²) in [5.74, 6) is 0. The van der Waals surface area contributed by atoms with Crippen LogP contribution in [0.15, 0.2) is 36.4 Å². The van der Waals surface area contributed by atoms with Crippen molar-refractivity contribution in [2.24, 2.45) is 0 Å². The molecule has 0 aliphatic heterocycles. The number of para-hydroxylation sites is 1. The van der Waals surface area contributed by atoms with Crippen molar-refractivity contribution < 1.29 is 0 Å². The second-order valence-electron chi connectivity index (χ2n) is 4.06. The van der Waals surface area contributed by atoms with Gasteiger partial charge < -0.3 is 5.73 Å². The van der Waals surface area contributed by atoms with Crippen molar-refractivity contribution in [1.82, 2.24) is 0 Å². The molecule has 0 radical (unpaired) electrons. The molecule has 2 N–H and O–H groups in total. The number of rotatable bonds is 1. The van der Waals surface area contributed by atoms with Gasteiger partial charge in [0.05, 0.1) is 0 Å². The van der Waals surface area contributed by atoms with E-state index in [1.54, 1.807) is 0 Å². The van der Waals surface area contributed by atoms with Gasteiger partial charge in [0.2, 0.25) is 0 Å². The molecule has 82 valence electrons. The van der Waals surface area contributed by atoms with E-state index in [9.17, 15) is 0 Å². The van der Waals surface area contributed by atoms with Gasteiger partial charge in [-0.3, -0.25) is 0 Å². The summed E-state index contributed by atoms with van der Waals surface area (Å²) in [5.41, 5.74) is 11.8. The largest absolute Gasteiger partial charge is 0.398 e. The molecule has 0 aliphatic rings. The summed E-state index contributed by atoms with van der Waals surface area (Å²) in [6.07, 6.45) is 0. The summed E-state index contributed by atoms with van der Waals surface area (Å²) in [6.45, 7) is 4.27. The Morgan fingerprint density at radius 1 is 0.938 bits per heavy atom.